The van der Waals surface area contributed by atoms with Gasteiger partial charge < -0.3 is 19.6 Å². The van der Waals surface area contributed by atoms with Gasteiger partial charge in [0.15, 0.2) is 5.69 Å². The van der Waals surface area contributed by atoms with E-state index in [2.05, 4.69) is 36.8 Å². The zero-order chi connectivity index (χ0) is 32.5. The highest BCUT2D eigenvalue weighted by Gasteiger charge is 2.32. The number of rotatable bonds is 14. The number of aliphatic hydroxyl groups excluding tert-OH is 1. The third kappa shape index (κ3) is 7.82. The first-order valence-electron chi connectivity index (χ1n) is 16.3. The molecule has 0 saturated carbocycles. The quantitative estimate of drug-likeness (QED) is 0.144. The molecule has 1 atom stereocenters. The van der Waals surface area contributed by atoms with E-state index in [0.29, 0.717) is 43.0 Å². The number of benzene rings is 3. The van der Waals surface area contributed by atoms with Crippen LogP contribution < -0.4 is 4.72 Å². The summed E-state index contributed by atoms with van der Waals surface area (Å²) in [6, 6.07) is 25.5. The smallest absolute Gasteiger partial charge is 0.274 e. The van der Waals surface area contributed by atoms with Crippen LogP contribution in [0, 0.1) is 6.92 Å². The van der Waals surface area contributed by atoms with Gasteiger partial charge in [0.25, 0.3) is 11.8 Å². The highest BCUT2D eigenvalue weighted by Crippen LogP contribution is 2.30. The first-order valence-corrected chi connectivity index (χ1v) is 17.3. The van der Waals surface area contributed by atoms with Gasteiger partial charge in [0.2, 0.25) is 0 Å². The number of nitrogens with zero attached hydrogens (tertiary/aromatic N) is 4. The molecule has 2 N–H and O–H groups in total. The van der Waals surface area contributed by atoms with Crippen LogP contribution in [0.2, 0.25) is 0 Å². The summed E-state index contributed by atoms with van der Waals surface area (Å²) in [5.41, 5.74) is 6.43. The molecule has 1 unspecified atom stereocenters. The Balaban J connectivity index is 1.48. The van der Waals surface area contributed by atoms with E-state index < -0.39 is 0 Å². The van der Waals surface area contributed by atoms with Crippen LogP contribution in [-0.4, -0.2) is 62.2 Å². The highest BCUT2D eigenvalue weighted by atomic mass is 32.2. The molecule has 9 heteroatoms. The topological polar surface area (TPSA) is 90.7 Å². The van der Waals surface area contributed by atoms with Crippen molar-refractivity contribution in [2.75, 3.05) is 24.4 Å². The lowest BCUT2D eigenvalue weighted by atomic mass is 9.93. The number of unbranched alkanes of at least 4 members (excludes halogenated alkanes) is 2. The molecule has 2 heterocycles. The predicted molar refractivity (Wildman–Crippen MR) is 186 cm³/mol. The molecule has 0 fully saturated rings. The Morgan fingerprint density at radius 3 is 2.35 bits per heavy atom. The third-order valence-electron chi connectivity index (χ3n) is 8.51. The molecule has 8 nitrogen and oxygen atoms in total. The Morgan fingerprint density at radius 2 is 1.65 bits per heavy atom. The number of aromatic nitrogens is 2. The van der Waals surface area contributed by atoms with Crippen LogP contribution in [0.1, 0.15) is 82.8 Å². The molecule has 0 radical (unpaired) electrons. The number of fused-ring (bicyclic) bond motifs is 1. The van der Waals surface area contributed by atoms with E-state index in [1.165, 1.54) is 5.56 Å². The Hall–Kier alpha value is -4.08. The summed E-state index contributed by atoms with van der Waals surface area (Å²) in [4.78, 5) is 31.8. The zero-order valence-corrected chi connectivity index (χ0v) is 27.9. The Labute approximate surface area is 276 Å². The first-order chi connectivity index (χ1) is 22.4. The van der Waals surface area contributed by atoms with Crippen molar-refractivity contribution in [2.45, 2.75) is 71.2 Å². The summed E-state index contributed by atoms with van der Waals surface area (Å²) >= 11 is 1.55. The molecular weight excluding hydrogens is 595 g/mol. The van der Waals surface area contributed by atoms with Gasteiger partial charge in [-0.3, -0.25) is 9.59 Å². The maximum atomic E-state index is 14.5. The number of carbonyl (C=O) groups excluding carboxylic acids is 2. The largest absolute Gasteiger partial charge is 0.394 e. The van der Waals surface area contributed by atoms with Crippen molar-refractivity contribution < 1.29 is 14.7 Å². The minimum atomic E-state index is -0.346. The molecule has 5 rings (SSSR count). The van der Waals surface area contributed by atoms with Crippen LogP contribution in [0.15, 0.2) is 78.9 Å². The number of nitrogens with one attached hydrogen (secondary N) is 1. The molecule has 1 aromatic heterocycles. The molecule has 46 heavy (non-hydrogen) atoms. The average Bonchev–Trinajstić information content (AvgIpc) is 3.48. The zero-order valence-electron chi connectivity index (χ0n) is 27.1. The number of aliphatic hydroxyl groups is 1. The third-order valence-corrected chi connectivity index (χ3v) is 9.37. The van der Waals surface area contributed by atoms with Crippen molar-refractivity contribution in [3.8, 4) is 5.69 Å². The van der Waals surface area contributed by atoms with E-state index in [1.807, 2.05) is 72.5 Å². The molecule has 242 valence electrons. The molecule has 3 aromatic carbocycles. The van der Waals surface area contributed by atoms with Crippen LogP contribution in [-0.2, 0) is 18.7 Å². The molecular formula is C37H45N5O3S. The van der Waals surface area contributed by atoms with Crippen molar-refractivity contribution in [1.29, 1.82) is 0 Å². The summed E-state index contributed by atoms with van der Waals surface area (Å²) < 4.78 is 5.12. The number of aryl methyl sites for hydroxylation is 1. The average molecular weight is 640 g/mol. The summed E-state index contributed by atoms with van der Waals surface area (Å²) in [5, 5.41) is 15.2. The molecule has 0 bridgehead atoms. The number of hydrogen-bond acceptors (Lipinski definition) is 6. The lowest BCUT2D eigenvalue weighted by Gasteiger charge is -2.36. The van der Waals surface area contributed by atoms with Crippen molar-refractivity contribution in [3.05, 3.63) is 113 Å². The van der Waals surface area contributed by atoms with Crippen LogP contribution in [0.4, 0.5) is 5.69 Å². The van der Waals surface area contributed by atoms with E-state index in [1.54, 1.807) is 21.5 Å². The summed E-state index contributed by atoms with van der Waals surface area (Å²) in [6.45, 7) is 7.84. The predicted octanol–water partition coefficient (Wildman–Crippen LogP) is 7.04. The molecule has 0 aliphatic carbocycles. The fraction of sp³-hybridized carbons (Fsp3) is 0.378. The maximum absolute atomic E-state index is 14.5. The van der Waals surface area contributed by atoms with E-state index in [-0.39, 0.29) is 24.5 Å². The maximum Gasteiger partial charge on any atom is 0.274 e. The number of carbonyl (C=O) groups is 2. The fourth-order valence-corrected chi connectivity index (χ4v) is 6.60. The fourth-order valence-electron chi connectivity index (χ4n) is 5.87. The van der Waals surface area contributed by atoms with Gasteiger partial charge in [-0.2, -0.15) is 5.10 Å². The molecule has 0 saturated heterocycles. The normalized spacial score (nSPS) is 14.2. The molecule has 0 spiro atoms. The lowest BCUT2D eigenvalue weighted by molar-refractivity contribution is 0.0544. The minimum Gasteiger partial charge on any atom is -0.394 e. The van der Waals surface area contributed by atoms with Gasteiger partial charge in [0.1, 0.15) is 0 Å². The van der Waals surface area contributed by atoms with Crippen LogP contribution in [0.25, 0.3) is 5.69 Å². The minimum absolute atomic E-state index is 0.0831. The molecule has 4 aromatic rings. The van der Waals surface area contributed by atoms with Gasteiger partial charge >= 0.3 is 0 Å². The van der Waals surface area contributed by atoms with Gasteiger partial charge in [-0.05, 0) is 79.1 Å². The van der Waals surface area contributed by atoms with E-state index in [9.17, 15) is 14.7 Å². The highest BCUT2D eigenvalue weighted by molar-refractivity contribution is 7.99. The van der Waals surface area contributed by atoms with Crippen LogP contribution in [0.3, 0.4) is 0 Å². The van der Waals surface area contributed by atoms with Crippen LogP contribution >= 0.6 is 11.9 Å². The molecule has 1 aliphatic heterocycles. The van der Waals surface area contributed by atoms with Crippen molar-refractivity contribution in [2.24, 2.45) is 0 Å². The van der Waals surface area contributed by atoms with E-state index in [0.717, 1.165) is 53.9 Å². The SMILES string of the molecule is CCCCN(CCCC)C(=O)c1cc(C)n(-c2ccc(NSCc3ccccc3)cc2C(=O)N2Cc3ccccc3CC2CO)n1. The summed E-state index contributed by atoms with van der Waals surface area (Å²) in [6.07, 6.45) is 4.48. The lowest BCUT2D eigenvalue weighted by Crippen LogP contribution is -2.46. The van der Waals surface area contributed by atoms with E-state index >= 15 is 0 Å². The van der Waals surface area contributed by atoms with Gasteiger partial charge in [-0.25, -0.2) is 4.68 Å². The first kappa shape index (κ1) is 33.3. The molecule has 1 aliphatic rings. The second kappa shape index (κ2) is 16.0. The Morgan fingerprint density at radius 1 is 0.957 bits per heavy atom. The van der Waals surface area contributed by atoms with Gasteiger partial charge in [-0.1, -0.05) is 81.3 Å². The van der Waals surface area contributed by atoms with Crippen LogP contribution in [0.5, 0.6) is 0 Å². The van der Waals surface area contributed by atoms with Crippen molar-refractivity contribution >= 4 is 29.4 Å². The Kier molecular flexibility index (Phi) is 11.5. The molecule has 2 amide bonds. The second-order valence-electron chi connectivity index (χ2n) is 11.9. The standard InChI is InChI=1S/C37H45N5O3S/c1-4-6-19-40(20-7-5-2)37(45)34-21-27(3)42(38-34)35-18-17-31(39-46-26-28-13-9-8-10-14-28)23-33(35)36(44)41-24-30-16-12-11-15-29(30)22-32(41)25-43/h8-18,21,23,32,39,43H,4-7,19-20,22,24-26H2,1-3H3. The number of amides is 2. The van der Waals surface area contributed by atoms with Gasteiger partial charge in [0, 0.05) is 36.8 Å². The van der Waals surface area contributed by atoms with Gasteiger partial charge in [-0.15, -0.1) is 0 Å². The number of hydrogen-bond donors (Lipinski definition) is 2. The van der Waals surface area contributed by atoms with Gasteiger partial charge in [0.05, 0.1) is 23.9 Å². The van der Waals surface area contributed by atoms with E-state index in [4.69, 9.17) is 5.10 Å². The Bertz CT molecular complexity index is 1610. The van der Waals surface area contributed by atoms with Crippen molar-refractivity contribution in [1.82, 2.24) is 19.6 Å². The summed E-state index contributed by atoms with van der Waals surface area (Å²) in [7, 11) is 0. The van der Waals surface area contributed by atoms with Crippen molar-refractivity contribution in [3.63, 3.8) is 0 Å². The monoisotopic (exact) mass is 639 g/mol. The second-order valence-corrected chi connectivity index (χ2v) is 12.7. The summed E-state index contributed by atoms with van der Waals surface area (Å²) in [5.74, 6) is 0.494. The number of anilines is 1.